The molecule has 0 bridgehead atoms. The van der Waals surface area contributed by atoms with Crippen LogP contribution in [0.25, 0.3) is 0 Å². The number of carbonyl (C=O) groups is 1. The number of nitrogens with one attached hydrogen (secondary N) is 1. The van der Waals surface area contributed by atoms with Gasteiger partial charge in [-0.1, -0.05) is 12.1 Å². The van der Waals surface area contributed by atoms with Crippen LogP contribution in [0.4, 0.5) is 13.2 Å². The number of halogens is 4. The molecule has 1 heterocycles. The Labute approximate surface area is 133 Å². The van der Waals surface area contributed by atoms with E-state index in [1.54, 1.807) is 0 Å². The van der Waals surface area contributed by atoms with Crippen LogP contribution in [0, 0.1) is 5.92 Å². The Hall–Kier alpha value is -1.27. The molecule has 2 aliphatic rings. The lowest BCUT2D eigenvalue weighted by Gasteiger charge is -2.32. The highest BCUT2D eigenvalue weighted by atomic mass is 35.5. The first kappa shape index (κ1) is 17.1. The lowest BCUT2D eigenvalue weighted by atomic mass is 10.0. The third-order valence-electron chi connectivity index (χ3n) is 4.04. The number of benzene rings is 1. The van der Waals surface area contributed by atoms with Crippen LogP contribution in [0.2, 0.25) is 0 Å². The van der Waals surface area contributed by atoms with Gasteiger partial charge in [-0.25, -0.2) is 0 Å². The number of amides is 1. The molecule has 1 N–H and O–H groups in total. The van der Waals surface area contributed by atoms with Crippen LogP contribution in [-0.2, 0) is 17.5 Å². The fraction of sp³-hybridized carbons (Fsp3) is 0.533. The summed E-state index contributed by atoms with van der Waals surface area (Å²) in [6.45, 7) is 1.81. The Bertz CT molecular complexity index is 525. The Balaban J connectivity index is 0.00000176. The predicted octanol–water partition coefficient (Wildman–Crippen LogP) is 2.84. The fourth-order valence-electron chi connectivity index (χ4n) is 2.47. The zero-order chi connectivity index (χ0) is 15.0. The molecule has 1 aliphatic carbocycles. The van der Waals surface area contributed by atoms with Gasteiger partial charge in [0, 0.05) is 25.7 Å². The summed E-state index contributed by atoms with van der Waals surface area (Å²) in [6, 6.07) is 5.35. The molecule has 1 aromatic carbocycles. The van der Waals surface area contributed by atoms with Crippen molar-refractivity contribution in [1.82, 2.24) is 10.2 Å². The fourth-order valence-corrected chi connectivity index (χ4v) is 2.47. The summed E-state index contributed by atoms with van der Waals surface area (Å²) < 4.78 is 37.6. The van der Waals surface area contributed by atoms with Gasteiger partial charge in [0.05, 0.1) is 11.5 Å². The average molecular weight is 335 g/mol. The van der Waals surface area contributed by atoms with E-state index in [2.05, 4.69) is 5.32 Å². The van der Waals surface area contributed by atoms with Crippen molar-refractivity contribution in [1.29, 1.82) is 0 Å². The van der Waals surface area contributed by atoms with E-state index in [0.717, 1.165) is 30.5 Å². The van der Waals surface area contributed by atoms with E-state index in [-0.39, 0.29) is 30.3 Å². The second kappa shape index (κ2) is 6.46. The third kappa shape index (κ3) is 3.73. The largest absolute Gasteiger partial charge is 0.416 e. The van der Waals surface area contributed by atoms with E-state index in [1.807, 2.05) is 4.90 Å². The van der Waals surface area contributed by atoms with Crippen LogP contribution in [0.1, 0.15) is 24.0 Å². The molecule has 1 aliphatic heterocycles. The molecule has 3 nitrogen and oxygen atoms in total. The maximum atomic E-state index is 12.5. The molecule has 0 unspecified atom stereocenters. The zero-order valence-electron chi connectivity index (χ0n) is 11.9. The van der Waals surface area contributed by atoms with Gasteiger partial charge in [-0.3, -0.25) is 4.79 Å². The molecule has 1 aromatic rings. The number of carbonyl (C=O) groups excluding carboxylic acids is 1. The minimum Gasteiger partial charge on any atom is -0.335 e. The molecule has 0 atom stereocenters. The molecular formula is C15H18ClF3N2O. The van der Waals surface area contributed by atoms with E-state index >= 15 is 0 Å². The summed E-state index contributed by atoms with van der Waals surface area (Å²) in [6.07, 6.45) is -2.33. The van der Waals surface area contributed by atoms with Crippen molar-refractivity contribution in [3.05, 3.63) is 35.4 Å². The van der Waals surface area contributed by atoms with Gasteiger partial charge in [-0.2, -0.15) is 13.2 Å². The molecule has 1 amide bonds. The molecule has 0 radical (unpaired) electrons. The molecule has 0 aromatic heterocycles. The molecule has 2 fully saturated rings. The Morgan fingerprint density at radius 1 is 1.18 bits per heavy atom. The molecule has 0 spiro atoms. The van der Waals surface area contributed by atoms with Crippen molar-refractivity contribution in [3.63, 3.8) is 0 Å². The van der Waals surface area contributed by atoms with E-state index in [9.17, 15) is 18.0 Å². The van der Waals surface area contributed by atoms with Gasteiger partial charge in [-0.15, -0.1) is 12.4 Å². The van der Waals surface area contributed by atoms with Crippen LogP contribution in [0.5, 0.6) is 0 Å². The van der Waals surface area contributed by atoms with Gasteiger partial charge in [-0.05, 0) is 30.5 Å². The summed E-state index contributed by atoms with van der Waals surface area (Å²) >= 11 is 0. The van der Waals surface area contributed by atoms with Crippen molar-refractivity contribution >= 4 is 18.3 Å². The maximum absolute atomic E-state index is 12.5. The van der Waals surface area contributed by atoms with Crippen molar-refractivity contribution in [3.8, 4) is 0 Å². The quantitative estimate of drug-likeness (QED) is 0.918. The topological polar surface area (TPSA) is 32.3 Å². The molecule has 7 heteroatoms. The first-order valence-electron chi connectivity index (χ1n) is 7.12. The SMILES string of the molecule is Cl.O=C(C1CNC1)N(Cc1ccc(C(F)(F)F)cc1)C1CC1. The lowest BCUT2D eigenvalue weighted by molar-refractivity contribution is -0.139. The Kier molecular flexibility index (Phi) is 5.02. The number of hydrogen-bond donors (Lipinski definition) is 1. The first-order chi connectivity index (χ1) is 9.95. The highest BCUT2D eigenvalue weighted by Gasteiger charge is 2.37. The summed E-state index contributed by atoms with van der Waals surface area (Å²) in [5, 5.41) is 3.07. The lowest BCUT2D eigenvalue weighted by Crippen LogP contribution is -2.52. The normalized spacial score (nSPS) is 18.3. The third-order valence-corrected chi connectivity index (χ3v) is 4.04. The highest BCUT2D eigenvalue weighted by Crippen LogP contribution is 2.32. The van der Waals surface area contributed by atoms with Crippen molar-refractivity contribution in [2.24, 2.45) is 5.92 Å². The number of alkyl halides is 3. The predicted molar refractivity (Wildman–Crippen MR) is 78.6 cm³/mol. The van der Waals surface area contributed by atoms with Crippen LogP contribution in [0.3, 0.4) is 0 Å². The smallest absolute Gasteiger partial charge is 0.335 e. The van der Waals surface area contributed by atoms with E-state index in [0.29, 0.717) is 19.6 Å². The first-order valence-corrected chi connectivity index (χ1v) is 7.12. The Morgan fingerprint density at radius 3 is 2.18 bits per heavy atom. The second-order valence-electron chi connectivity index (χ2n) is 5.75. The van der Waals surface area contributed by atoms with Crippen molar-refractivity contribution in [2.45, 2.75) is 31.6 Å². The van der Waals surface area contributed by atoms with E-state index < -0.39 is 11.7 Å². The van der Waals surface area contributed by atoms with Crippen LogP contribution >= 0.6 is 12.4 Å². The average Bonchev–Trinajstić information content (AvgIpc) is 3.17. The van der Waals surface area contributed by atoms with Gasteiger partial charge in [0.15, 0.2) is 0 Å². The monoisotopic (exact) mass is 334 g/mol. The summed E-state index contributed by atoms with van der Waals surface area (Å²) in [7, 11) is 0. The molecule has 1 saturated carbocycles. The maximum Gasteiger partial charge on any atom is 0.416 e. The minimum absolute atomic E-state index is 0. The number of nitrogens with zero attached hydrogens (tertiary/aromatic N) is 1. The zero-order valence-corrected chi connectivity index (χ0v) is 12.7. The van der Waals surface area contributed by atoms with Gasteiger partial charge >= 0.3 is 6.18 Å². The minimum atomic E-state index is -4.32. The Morgan fingerprint density at radius 2 is 1.77 bits per heavy atom. The van der Waals surface area contributed by atoms with Crippen molar-refractivity contribution in [2.75, 3.05) is 13.1 Å². The second-order valence-corrected chi connectivity index (χ2v) is 5.75. The van der Waals surface area contributed by atoms with Gasteiger partial charge in [0.1, 0.15) is 0 Å². The van der Waals surface area contributed by atoms with Gasteiger partial charge in [0.25, 0.3) is 0 Å². The molecule has 1 saturated heterocycles. The highest BCUT2D eigenvalue weighted by molar-refractivity contribution is 5.85. The van der Waals surface area contributed by atoms with Gasteiger partial charge in [0.2, 0.25) is 5.91 Å². The van der Waals surface area contributed by atoms with Gasteiger partial charge < -0.3 is 10.2 Å². The van der Waals surface area contributed by atoms with Crippen LogP contribution < -0.4 is 5.32 Å². The van der Waals surface area contributed by atoms with E-state index in [1.165, 1.54) is 12.1 Å². The number of hydrogen-bond acceptors (Lipinski definition) is 2. The molecule has 22 heavy (non-hydrogen) atoms. The molecular weight excluding hydrogens is 317 g/mol. The van der Waals surface area contributed by atoms with E-state index in [4.69, 9.17) is 0 Å². The van der Waals surface area contributed by atoms with Crippen LogP contribution in [0.15, 0.2) is 24.3 Å². The van der Waals surface area contributed by atoms with Crippen LogP contribution in [-0.4, -0.2) is 29.9 Å². The molecule has 3 rings (SSSR count). The standard InChI is InChI=1S/C15H17F3N2O.ClH/c16-15(17,18)12-3-1-10(2-4-12)9-20(13-5-6-13)14(21)11-7-19-8-11;/h1-4,11,13,19H,5-9H2;1H. The van der Waals surface area contributed by atoms with Crippen molar-refractivity contribution < 1.29 is 18.0 Å². The summed E-state index contributed by atoms with van der Waals surface area (Å²) in [5.41, 5.74) is 0.0919. The number of rotatable bonds is 4. The summed E-state index contributed by atoms with van der Waals surface area (Å²) in [4.78, 5) is 14.2. The summed E-state index contributed by atoms with van der Waals surface area (Å²) in [5.74, 6) is 0.149. The molecule has 122 valence electrons.